The molecule has 0 aliphatic rings. The number of methoxy groups -OCH3 is 1. The van der Waals surface area contributed by atoms with Crippen molar-refractivity contribution in [3.63, 3.8) is 0 Å². The number of aryl methyl sites for hydroxylation is 1. The van der Waals surface area contributed by atoms with Crippen molar-refractivity contribution in [2.45, 2.75) is 38.1 Å². The predicted octanol–water partition coefficient (Wildman–Crippen LogP) is 2.72. The third-order valence-corrected chi connectivity index (χ3v) is 5.61. The first-order chi connectivity index (χ1) is 14.7. The van der Waals surface area contributed by atoms with Gasteiger partial charge in [-0.3, -0.25) is 9.59 Å². The van der Waals surface area contributed by atoms with E-state index in [2.05, 4.69) is 25.8 Å². The van der Waals surface area contributed by atoms with Crippen molar-refractivity contribution in [1.29, 1.82) is 0 Å². The molecule has 2 N–H and O–H groups in total. The molecule has 1 atom stereocenters. The van der Waals surface area contributed by atoms with Gasteiger partial charge < -0.3 is 15.0 Å². The van der Waals surface area contributed by atoms with E-state index in [0.717, 1.165) is 0 Å². The number of carbonyl (C=O) groups excluding carboxylic acids is 3. The van der Waals surface area contributed by atoms with Crippen molar-refractivity contribution >= 4 is 35.1 Å². The molecule has 3 rings (SSSR count). The highest BCUT2D eigenvalue weighted by Gasteiger charge is 2.27. The Balaban J connectivity index is 1.84. The third-order valence-electron chi connectivity index (χ3n) is 4.58. The molecular weight excluding hydrogens is 420 g/mol. The molecule has 11 heteroatoms. The number of anilines is 1. The SMILES string of the molecule is COC(=O)c1c(C)[nH]c(C(=O)C(C)Sc2nnnn2-c2cccc(NC(C)=O)c2)c1C. The minimum atomic E-state index is -0.537. The van der Waals surface area contributed by atoms with Crippen LogP contribution in [0, 0.1) is 13.8 Å². The fraction of sp³-hybridized carbons (Fsp3) is 0.300. The molecule has 2 aromatic heterocycles. The number of amides is 1. The number of esters is 1. The van der Waals surface area contributed by atoms with Crippen molar-refractivity contribution in [2.24, 2.45) is 0 Å². The number of Topliss-reactive ketones (excluding diaryl/α,β-unsaturated/α-hetero) is 1. The number of aromatic nitrogens is 5. The normalized spacial score (nSPS) is 11.8. The summed E-state index contributed by atoms with van der Waals surface area (Å²) in [4.78, 5) is 39.4. The van der Waals surface area contributed by atoms with Gasteiger partial charge in [0.25, 0.3) is 0 Å². The summed E-state index contributed by atoms with van der Waals surface area (Å²) < 4.78 is 6.30. The lowest BCUT2D eigenvalue weighted by Crippen LogP contribution is -2.16. The van der Waals surface area contributed by atoms with Crippen LogP contribution in [0.15, 0.2) is 29.4 Å². The van der Waals surface area contributed by atoms with Gasteiger partial charge in [-0.15, -0.1) is 5.10 Å². The second-order valence-electron chi connectivity index (χ2n) is 6.85. The number of benzene rings is 1. The van der Waals surface area contributed by atoms with Crippen molar-refractivity contribution in [3.05, 3.63) is 46.8 Å². The quantitative estimate of drug-likeness (QED) is 0.324. The van der Waals surface area contributed by atoms with Crippen LogP contribution in [0.2, 0.25) is 0 Å². The molecule has 3 aromatic rings. The van der Waals surface area contributed by atoms with E-state index in [9.17, 15) is 14.4 Å². The van der Waals surface area contributed by atoms with E-state index in [1.165, 1.54) is 30.5 Å². The number of carbonyl (C=O) groups is 3. The molecule has 1 unspecified atom stereocenters. The molecule has 0 saturated heterocycles. The molecule has 0 aliphatic carbocycles. The molecule has 162 valence electrons. The molecule has 1 amide bonds. The lowest BCUT2D eigenvalue weighted by atomic mass is 10.1. The summed E-state index contributed by atoms with van der Waals surface area (Å²) >= 11 is 1.19. The van der Waals surface area contributed by atoms with E-state index in [1.807, 2.05) is 0 Å². The molecular formula is C20H22N6O4S. The fourth-order valence-corrected chi connectivity index (χ4v) is 4.02. The number of tetrazole rings is 1. The van der Waals surface area contributed by atoms with Crippen LogP contribution in [-0.2, 0) is 9.53 Å². The maximum Gasteiger partial charge on any atom is 0.339 e. The van der Waals surface area contributed by atoms with Crippen LogP contribution in [-0.4, -0.2) is 55.2 Å². The Bertz CT molecular complexity index is 1150. The number of ketones is 1. The lowest BCUT2D eigenvalue weighted by Gasteiger charge is -2.11. The number of aromatic amines is 1. The summed E-state index contributed by atoms with van der Waals surface area (Å²) in [5.74, 6) is -0.874. The minimum Gasteiger partial charge on any atom is -0.465 e. The summed E-state index contributed by atoms with van der Waals surface area (Å²) in [5.41, 5.74) is 3.08. The van der Waals surface area contributed by atoms with E-state index in [-0.39, 0.29) is 11.7 Å². The first-order valence-corrected chi connectivity index (χ1v) is 10.3. The molecule has 31 heavy (non-hydrogen) atoms. The topological polar surface area (TPSA) is 132 Å². The largest absolute Gasteiger partial charge is 0.465 e. The van der Waals surface area contributed by atoms with Crippen molar-refractivity contribution in [2.75, 3.05) is 12.4 Å². The standard InChI is InChI=1S/C20H22N6O4S/c1-10-16(19(29)30-5)11(2)21-17(10)18(28)12(3)31-20-23-24-25-26(20)15-8-6-7-14(9-15)22-13(4)27/h6-9,12,21H,1-5H3,(H,22,27). The highest BCUT2D eigenvalue weighted by atomic mass is 32.2. The molecule has 2 heterocycles. The van der Waals surface area contributed by atoms with E-state index in [0.29, 0.717) is 39.0 Å². The summed E-state index contributed by atoms with van der Waals surface area (Å²) in [5, 5.41) is 14.3. The molecule has 0 spiro atoms. The monoisotopic (exact) mass is 442 g/mol. The van der Waals surface area contributed by atoms with E-state index >= 15 is 0 Å². The highest BCUT2D eigenvalue weighted by Crippen LogP contribution is 2.28. The van der Waals surface area contributed by atoms with Crippen LogP contribution in [0.1, 0.15) is 46.0 Å². The van der Waals surface area contributed by atoms with Gasteiger partial charge >= 0.3 is 5.97 Å². The molecule has 0 saturated carbocycles. The van der Waals surface area contributed by atoms with E-state index in [1.54, 1.807) is 45.0 Å². The zero-order chi connectivity index (χ0) is 22.7. The first kappa shape index (κ1) is 22.2. The van der Waals surface area contributed by atoms with Gasteiger partial charge in [0.2, 0.25) is 11.1 Å². The van der Waals surface area contributed by atoms with Crippen LogP contribution in [0.3, 0.4) is 0 Å². The minimum absolute atomic E-state index is 0.189. The van der Waals surface area contributed by atoms with Crippen LogP contribution in [0.4, 0.5) is 5.69 Å². The number of ether oxygens (including phenoxy) is 1. The number of hydrogen-bond donors (Lipinski definition) is 2. The predicted molar refractivity (Wildman–Crippen MR) is 115 cm³/mol. The maximum atomic E-state index is 13.1. The van der Waals surface area contributed by atoms with Gasteiger partial charge in [0.1, 0.15) is 0 Å². The van der Waals surface area contributed by atoms with Gasteiger partial charge in [-0.2, -0.15) is 4.68 Å². The van der Waals surface area contributed by atoms with E-state index in [4.69, 9.17) is 4.74 Å². The van der Waals surface area contributed by atoms with E-state index < -0.39 is 11.2 Å². The number of rotatable bonds is 7. The molecule has 0 bridgehead atoms. The Morgan fingerprint density at radius 1 is 1.26 bits per heavy atom. The lowest BCUT2D eigenvalue weighted by molar-refractivity contribution is -0.114. The Morgan fingerprint density at radius 3 is 2.68 bits per heavy atom. The second-order valence-corrected chi connectivity index (χ2v) is 8.15. The Hall–Kier alpha value is -3.47. The smallest absolute Gasteiger partial charge is 0.339 e. The number of thioether (sulfide) groups is 1. The van der Waals surface area contributed by atoms with Crippen LogP contribution in [0.25, 0.3) is 5.69 Å². The Kier molecular flexibility index (Phi) is 6.54. The Labute approximate surface area is 182 Å². The fourth-order valence-electron chi connectivity index (χ4n) is 3.15. The van der Waals surface area contributed by atoms with Gasteiger partial charge in [-0.25, -0.2) is 4.79 Å². The highest BCUT2D eigenvalue weighted by molar-refractivity contribution is 8.00. The zero-order valence-corrected chi connectivity index (χ0v) is 18.5. The molecule has 10 nitrogen and oxygen atoms in total. The Morgan fingerprint density at radius 2 is 2.00 bits per heavy atom. The molecule has 1 aromatic carbocycles. The second kappa shape index (κ2) is 9.13. The number of nitrogens with zero attached hydrogens (tertiary/aromatic N) is 4. The van der Waals surface area contributed by atoms with Crippen molar-refractivity contribution in [3.8, 4) is 5.69 Å². The van der Waals surface area contributed by atoms with Gasteiger partial charge in [0.05, 0.1) is 29.3 Å². The van der Waals surface area contributed by atoms with Crippen molar-refractivity contribution in [1.82, 2.24) is 25.2 Å². The summed E-state index contributed by atoms with van der Waals surface area (Å²) in [6.45, 7) is 6.59. The van der Waals surface area contributed by atoms with Crippen LogP contribution < -0.4 is 5.32 Å². The average Bonchev–Trinajstić information content (AvgIpc) is 3.30. The summed E-state index contributed by atoms with van der Waals surface area (Å²) in [6, 6.07) is 7.04. The number of H-pyrrole nitrogens is 1. The van der Waals surface area contributed by atoms with Gasteiger partial charge in [0.15, 0.2) is 5.78 Å². The summed E-state index contributed by atoms with van der Waals surface area (Å²) in [6.07, 6.45) is 0. The maximum absolute atomic E-state index is 13.1. The molecule has 0 aliphatic heterocycles. The molecule has 0 radical (unpaired) electrons. The van der Waals surface area contributed by atoms with Gasteiger partial charge in [0, 0.05) is 18.3 Å². The van der Waals surface area contributed by atoms with Gasteiger partial charge in [-0.05, 0) is 55.0 Å². The molecule has 0 fully saturated rings. The number of hydrogen-bond acceptors (Lipinski definition) is 8. The van der Waals surface area contributed by atoms with Crippen molar-refractivity contribution < 1.29 is 19.1 Å². The number of nitrogens with one attached hydrogen (secondary N) is 2. The van der Waals surface area contributed by atoms with Gasteiger partial charge in [-0.1, -0.05) is 17.8 Å². The average molecular weight is 443 g/mol. The van der Waals surface area contributed by atoms with Crippen LogP contribution >= 0.6 is 11.8 Å². The first-order valence-electron chi connectivity index (χ1n) is 9.37. The van der Waals surface area contributed by atoms with Crippen LogP contribution in [0.5, 0.6) is 0 Å². The summed E-state index contributed by atoms with van der Waals surface area (Å²) in [7, 11) is 1.30. The zero-order valence-electron chi connectivity index (χ0n) is 17.7. The third kappa shape index (κ3) is 4.66.